The topological polar surface area (TPSA) is 73.2 Å². The summed E-state index contributed by atoms with van der Waals surface area (Å²) in [7, 11) is 4.65. The molecule has 0 aliphatic heterocycles. The molecule has 5 aromatic rings. The highest BCUT2D eigenvalue weighted by molar-refractivity contribution is 9.10. The molecule has 0 fully saturated rings. The number of anilines is 1. The third-order valence-corrected chi connectivity index (χ3v) is 7.66. The number of amides is 1. The smallest absolute Gasteiger partial charge is 0.280 e. The average molecular weight is 617 g/mol. The van der Waals surface area contributed by atoms with Crippen LogP contribution in [0.25, 0.3) is 10.2 Å². The highest BCUT2D eigenvalue weighted by Crippen LogP contribution is 2.38. The van der Waals surface area contributed by atoms with Crippen molar-refractivity contribution in [2.45, 2.75) is 6.42 Å². The maximum Gasteiger partial charge on any atom is 0.280 e. The molecule has 4 aromatic carbocycles. The Labute approximate surface area is 244 Å². The zero-order valence-corrected chi connectivity index (χ0v) is 24.5. The summed E-state index contributed by atoms with van der Waals surface area (Å²) in [4.78, 5) is 18.5. The number of rotatable bonds is 9. The second kappa shape index (κ2) is 12.3. The van der Waals surface area contributed by atoms with Gasteiger partial charge in [-0.2, -0.15) is 10.1 Å². The van der Waals surface area contributed by atoms with E-state index in [1.807, 2.05) is 60.7 Å². The van der Waals surface area contributed by atoms with Crippen LogP contribution in [-0.4, -0.2) is 38.4 Å². The van der Waals surface area contributed by atoms with Crippen LogP contribution in [-0.2, 0) is 6.42 Å². The molecular weight excluding hydrogens is 590 g/mol. The van der Waals surface area contributed by atoms with Gasteiger partial charge in [-0.15, -0.1) is 0 Å². The maximum atomic E-state index is 13.8. The van der Waals surface area contributed by atoms with Gasteiger partial charge in [0.25, 0.3) is 5.91 Å². The Hall–Kier alpha value is -4.21. The highest BCUT2D eigenvalue weighted by Gasteiger charge is 2.22. The molecule has 9 heteroatoms. The molecule has 40 heavy (non-hydrogen) atoms. The van der Waals surface area contributed by atoms with Crippen LogP contribution in [0.5, 0.6) is 17.2 Å². The average Bonchev–Trinajstić information content (AvgIpc) is 3.40. The lowest BCUT2D eigenvalue weighted by atomic mass is 10.0. The number of hydrazone groups is 1. The second-order valence-electron chi connectivity index (χ2n) is 8.79. The molecule has 1 amide bonds. The SMILES string of the molecule is COc1cc(/C=N/N(C(=O)c2ccc(Cc3ccccc3)cc2)c2nc3ccc(Br)cc3s2)cc(OC)c1OC. The van der Waals surface area contributed by atoms with E-state index in [2.05, 4.69) is 33.2 Å². The standard InChI is InChI=1S/C31H26BrN3O4S/c1-37-26-16-22(17-27(38-2)29(26)39-3)19-33-35(31-34-25-14-13-24(32)18-28(25)40-31)30(36)23-11-9-21(10-12-23)15-20-7-5-4-6-8-20/h4-14,16-19H,15H2,1-3H3/b33-19+. The summed E-state index contributed by atoms with van der Waals surface area (Å²) in [5, 5.41) is 6.38. The highest BCUT2D eigenvalue weighted by atomic mass is 79.9. The van der Waals surface area contributed by atoms with Crippen LogP contribution < -0.4 is 19.2 Å². The van der Waals surface area contributed by atoms with Crippen molar-refractivity contribution in [2.75, 3.05) is 26.3 Å². The lowest BCUT2D eigenvalue weighted by Crippen LogP contribution is -2.25. The molecule has 5 rings (SSSR count). The molecule has 1 heterocycles. The van der Waals surface area contributed by atoms with Crippen LogP contribution in [0, 0.1) is 0 Å². The van der Waals surface area contributed by atoms with E-state index in [0.717, 1.165) is 26.7 Å². The zero-order valence-electron chi connectivity index (χ0n) is 22.1. The molecule has 0 saturated heterocycles. The van der Waals surface area contributed by atoms with Crippen molar-refractivity contribution in [3.05, 3.63) is 112 Å². The number of thiazole rings is 1. The molecule has 0 aliphatic carbocycles. The number of benzene rings is 4. The molecule has 0 bridgehead atoms. The fourth-order valence-electron chi connectivity index (χ4n) is 4.18. The van der Waals surface area contributed by atoms with Gasteiger partial charge >= 0.3 is 0 Å². The van der Waals surface area contributed by atoms with Crippen molar-refractivity contribution in [1.82, 2.24) is 4.98 Å². The van der Waals surface area contributed by atoms with E-state index in [1.54, 1.807) is 39.7 Å². The van der Waals surface area contributed by atoms with E-state index in [1.165, 1.54) is 21.9 Å². The number of methoxy groups -OCH3 is 3. The fraction of sp³-hybridized carbons (Fsp3) is 0.129. The quantitative estimate of drug-likeness (QED) is 0.128. The number of hydrogen-bond acceptors (Lipinski definition) is 7. The Balaban J connectivity index is 1.50. The van der Waals surface area contributed by atoms with Gasteiger partial charge in [0.2, 0.25) is 10.9 Å². The van der Waals surface area contributed by atoms with Gasteiger partial charge in [-0.3, -0.25) is 4.79 Å². The number of halogens is 1. The van der Waals surface area contributed by atoms with E-state index in [4.69, 9.17) is 19.2 Å². The van der Waals surface area contributed by atoms with Gasteiger partial charge in [-0.1, -0.05) is 69.7 Å². The largest absolute Gasteiger partial charge is 0.493 e. The Morgan fingerprint density at radius 3 is 2.23 bits per heavy atom. The first-order valence-electron chi connectivity index (χ1n) is 12.4. The van der Waals surface area contributed by atoms with Gasteiger partial charge in [0.1, 0.15) is 0 Å². The molecule has 0 spiro atoms. The van der Waals surface area contributed by atoms with Gasteiger partial charge in [0.05, 0.1) is 37.8 Å². The van der Waals surface area contributed by atoms with Gasteiger partial charge in [-0.05, 0) is 60.0 Å². The number of aromatic nitrogens is 1. The molecule has 0 radical (unpaired) electrons. The van der Waals surface area contributed by atoms with Gasteiger partial charge in [0, 0.05) is 15.6 Å². The van der Waals surface area contributed by atoms with E-state index < -0.39 is 0 Å². The fourth-order valence-corrected chi connectivity index (χ4v) is 5.66. The number of carbonyl (C=O) groups is 1. The van der Waals surface area contributed by atoms with Crippen LogP contribution >= 0.6 is 27.3 Å². The maximum absolute atomic E-state index is 13.8. The summed E-state index contributed by atoms with van der Waals surface area (Å²) in [6, 6.07) is 27.1. The van der Waals surface area contributed by atoms with Crippen molar-refractivity contribution in [3.63, 3.8) is 0 Å². The number of ether oxygens (including phenoxy) is 3. The molecule has 7 nitrogen and oxygen atoms in total. The van der Waals surface area contributed by atoms with Crippen molar-refractivity contribution in [3.8, 4) is 17.2 Å². The Bertz CT molecular complexity index is 1640. The molecule has 1 aromatic heterocycles. The van der Waals surface area contributed by atoms with Gasteiger partial charge in [-0.25, -0.2) is 4.98 Å². The Morgan fingerprint density at radius 1 is 0.900 bits per heavy atom. The minimum atomic E-state index is -0.298. The van der Waals surface area contributed by atoms with Crippen molar-refractivity contribution in [1.29, 1.82) is 0 Å². The van der Waals surface area contributed by atoms with E-state index in [-0.39, 0.29) is 5.91 Å². The summed E-state index contributed by atoms with van der Waals surface area (Å²) < 4.78 is 18.2. The van der Waals surface area contributed by atoms with Gasteiger partial charge < -0.3 is 14.2 Å². The lowest BCUT2D eigenvalue weighted by Gasteiger charge is -2.15. The molecule has 0 atom stereocenters. The minimum Gasteiger partial charge on any atom is -0.493 e. The first-order valence-corrected chi connectivity index (χ1v) is 14.0. The lowest BCUT2D eigenvalue weighted by molar-refractivity contribution is 0.0988. The molecule has 0 N–H and O–H groups in total. The summed E-state index contributed by atoms with van der Waals surface area (Å²) in [5.74, 6) is 1.15. The molecule has 0 aliphatic rings. The monoisotopic (exact) mass is 615 g/mol. The predicted molar refractivity (Wildman–Crippen MR) is 164 cm³/mol. The number of nitrogens with zero attached hydrogens (tertiary/aromatic N) is 3. The number of hydrogen-bond donors (Lipinski definition) is 0. The zero-order chi connectivity index (χ0) is 28.1. The van der Waals surface area contributed by atoms with Gasteiger partial charge in [0.15, 0.2) is 11.5 Å². The van der Waals surface area contributed by atoms with Crippen molar-refractivity contribution < 1.29 is 19.0 Å². The Kier molecular flexibility index (Phi) is 8.42. The first-order chi connectivity index (χ1) is 19.5. The number of carbonyl (C=O) groups excluding carboxylic acids is 1. The first kappa shape index (κ1) is 27.4. The van der Waals surface area contributed by atoms with Crippen molar-refractivity contribution in [2.24, 2.45) is 5.10 Å². The van der Waals surface area contributed by atoms with Crippen LogP contribution in [0.1, 0.15) is 27.0 Å². The summed E-state index contributed by atoms with van der Waals surface area (Å²) in [6.45, 7) is 0. The summed E-state index contributed by atoms with van der Waals surface area (Å²) in [5.41, 5.74) is 4.26. The third-order valence-electron chi connectivity index (χ3n) is 6.17. The van der Waals surface area contributed by atoms with E-state index >= 15 is 0 Å². The third kappa shape index (κ3) is 6.00. The molecule has 0 unspecified atom stereocenters. The molecule has 202 valence electrons. The summed E-state index contributed by atoms with van der Waals surface area (Å²) >= 11 is 4.89. The predicted octanol–water partition coefficient (Wildman–Crippen LogP) is 7.36. The Morgan fingerprint density at radius 2 is 1.57 bits per heavy atom. The molecule has 0 saturated carbocycles. The van der Waals surface area contributed by atoms with Crippen LogP contribution in [0.15, 0.2) is 94.5 Å². The second-order valence-corrected chi connectivity index (χ2v) is 10.7. The minimum absolute atomic E-state index is 0.298. The molecular formula is C31H26BrN3O4S. The summed E-state index contributed by atoms with van der Waals surface area (Å²) in [6.07, 6.45) is 2.36. The van der Waals surface area contributed by atoms with Crippen molar-refractivity contribution >= 4 is 54.7 Å². The van der Waals surface area contributed by atoms with E-state index in [9.17, 15) is 4.79 Å². The van der Waals surface area contributed by atoms with Crippen LogP contribution in [0.2, 0.25) is 0 Å². The normalized spacial score (nSPS) is 11.1. The van der Waals surface area contributed by atoms with Crippen LogP contribution in [0.3, 0.4) is 0 Å². The van der Waals surface area contributed by atoms with Crippen LogP contribution in [0.4, 0.5) is 5.13 Å². The number of fused-ring (bicyclic) bond motifs is 1. The van der Waals surface area contributed by atoms with E-state index in [0.29, 0.717) is 33.5 Å².